The predicted octanol–water partition coefficient (Wildman–Crippen LogP) is 5.22. The van der Waals surface area contributed by atoms with E-state index in [0.29, 0.717) is 5.75 Å². The first-order valence-corrected chi connectivity index (χ1v) is 10.3. The third kappa shape index (κ3) is 3.79. The average molecular weight is 396 g/mol. The van der Waals surface area contributed by atoms with Gasteiger partial charge in [0.25, 0.3) is 0 Å². The van der Waals surface area contributed by atoms with Gasteiger partial charge in [0, 0.05) is 53.0 Å². The molecule has 0 saturated heterocycles. The number of aromatic nitrogens is 4. The fraction of sp³-hybridized carbons (Fsp3) is 0.200. The third-order valence-corrected chi connectivity index (χ3v) is 5.57. The summed E-state index contributed by atoms with van der Waals surface area (Å²) in [5, 5.41) is 12.1. The maximum absolute atomic E-state index is 9.75. The summed E-state index contributed by atoms with van der Waals surface area (Å²) in [5.41, 5.74) is 6.92. The molecule has 3 N–H and O–H groups in total. The SMILES string of the molecule is Cc1cc2cc(Cc3ccnc(CCCc4c[nH]c5ccc(O)cc45)n3)ccc2[nH]1. The number of nitrogens with one attached hydrogen (secondary N) is 2. The van der Waals surface area contributed by atoms with Crippen LogP contribution in [0.15, 0.2) is 60.9 Å². The van der Waals surface area contributed by atoms with Crippen LogP contribution < -0.4 is 0 Å². The van der Waals surface area contributed by atoms with E-state index < -0.39 is 0 Å². The van der Waals surface area contributed by atoms with Crippen LogP contribution >= 0.6 is 0 Å². The Bertz CT molecular complexity index is 1330. The Kier molecular flexibility index (Phi) is 4.71. The van der Waals surface area contributed by atoms with Gasteiger partial charge in [-0.05, 0) is 78.7 Å². The molecule has 0 spiro atoms. The number of phenols is 1. The first-order chi connectivity index (χ1) is 14.6. The molecular formula is C25H24N4O. The number of H-pyrrole nitrogens is 2. The zero-order valence-electron chi connectivity index (χ0n) is 16.9. The molecule has 150 valence electrons. The van der Waals surface area contributed by atoms with Gasteiger partial charge in [-0.15, -0.1) is 0 Å². The number of hydrogen-bond donors (Lipinski definition) is 3. The normalized spacial score (nSPS) is 11.5. The maximum Gasteiger partial charge on any atom is 0.128 e. The molecule has 0 saturated carbocycles. The summed E-state index contributed by atoms with van der Waals surface area (Å²) in [4.78, 5) is 15.9. The molecule has 30 heavy (non-hydrogen) atoms. The topological polar surface area (TPSA) is 77.6 Å². The van der Waals surface area contributed by atoms with Crippen LogP contribution in [-0.4, -0.2) is 25.0 Å². The van der Waals surface area contributed by atoms with Crippen LogP contribution in [0.5, 0.6) is 5.75 Å². The summed E-state index contributed by atoms with van der Waals surface area (Å²) >= 11 is 0. The molecule has 2 aromatic carbocycles. The van der Waals surface area contributed by atoms with Crippen LogP contribution in [-0.2, 0) is 19.3 Å². The predicted molar refractivity (Wildman–Crippen MR) is 120 cm³/mol. The van der Waals surface area contributed by atoms with E-state index in [1.54, 1.807) is 6.07 Å². The van der Waals surface area contributed by atoms with Crippen LogP contribution in [0.2, 0.25) is 0 Å². The molecule has 5 aromatic rings. The molecule has 0 aliphatic heterocycles. The summed E-state index contributed by atoms with van der Waals surface area (Å²) in [6.07, 6.45) is 7.40. The van der Waals surface area contributed by atoms with Crippen LogP contribution in [0, 0.1) is 6.92 Å². The zero-order chi connectivity index (χ0) is 20.5. The monoisotopic (exact) mass is 396 g/mol. The average Bonchev–Trinajstić information content (AvgIpc) is 3.30. The molecule has 5 nitrogen and oxygen atoms in total. The summed E-state index contributed by atoms with van der Waals surface area (Å²) < 4.78 is 0. The quantitative estimate of drug-likeness (QED) is 0.368. The third-order valence-electron chi connectivity index (χ3n) is 5.57. The number of benzene rings is 2. The Morgan fingerprint density at radius 1 is 0.967 bits per heavy atom. The number of rotatable bonds is 6. The molecule has 0 aliphatic carbocycles. The van der Waals surface area contributed by atoms with Crippen molar-refractivity contribution < 1.29 is 5.11 Å². The van der Waals surface area contributed by atoms with E-state index in [0.717, 1.165) is 48.1 Å². The van der Waals surface area contributed by atoms with Crippen molar-refractivity contribution in [3.63, 3.8) is 0 Å². The molecule has 0 radical (unpaired) electrons. The second-order valence-electron chi connectivity index (χ2n) is 7.91. The number of aromatic hydroxyl groups is 1. The minimum atomic E-state index is 0.298. The summed E-state index contributed by atoms with van der Waals surface area (Å²) in [5.74, 6) is 1.18. The lowest BCUT2D eigenvalue weighted by Gasteiger charge is -2.05. The van der Waals surface area contributed by atoms with Gasteiger partial charge in [-0.3, -0.25) is 0 Å². The first kappa shape index (κ1) is 18.4. The van der Waals surface area contributed by atoms with Crippen molar-refractivity contribution in [3.05, 3.63) is 89.3 Å². The van der Waals surface area contributed by atoms with E-state index >= 15 is 0 Å². The second kappa shape index (κ2) is 7.67. The zero-order valence-corrected chi connectivity index (χ0v) is 16.9. The molecule has 0 atom stereocenters. The lowest BCUT2D eigenvalue weighted by molar-refractivity contribution is 0.476. The number of phenolic OH excluding ortho intramolecular Hbond substituents is 1. The number of fused-ring (bicyclic) bond motifs is 2. The van der Waals surface area contributed by atoms with Gasteiger partial charge in [0.1, 0.15) is 11.6 Å². The van der Waals surface area contributed by atoms with Crippen LogP contribution in [0.3, 0.4) is 0 Å². The van der Waals surface area contributed by atoms with Gasteiger partial charge in [0.15, 0.2) is 0 Å². The van der Waals surface area contributed by atoms with Gasteiger partial charge in [-0.1, -0.05) is 6.07 Å². The highest BCUT2D eigenvalue weighted by Gasteiger charge is 2.07. The standard InChI is InChI=1S/C25H24N4O/c1-16-11-19-12-17(5-7-23(19)28-16)13-20-9-10-26-25(29-20)4-2-3-18-15-27-24-8-6-21(30)14-22(18)24/h5-12,14-15,27-28,30H,2-4,13H2,1H3. The molecular weight excluding hydrogens is 372 g/mol. The minimum Gasteiger partial charge on any atom is -0.508 e. The van der Waals surface area contributed by atoms with E-state index in [-0.39, 0.29) is 0 Å². The van der Waals surface area contributed by atoms with E-state index in [9.17, 15) is 5.11 Å². The second-order valence-corrected chi connectivity index (χ2v) is 7.91. The van der Waals surface area contributed by atoms with E-state index in [1.165, 1.54) is 27.7 Å². The Labute approximate surface area is 174 Å². The highest BCUT2D eigenvalue weighted by Crippen LogP contribution is 2.24. The molecule has 3 aromatic heterocycles. The molecule has 0 aliphatic rings. The molecule has 5 rings (SSSR count). The van der Waals surface area contributed by atoms with Gasteiger partial charge in [-0.25, -0.2) is 9.97 Å². The number of nitrogens with zero attached hydrogens (tertiary/aromatic N) is 2. The molecule has 5 heteroatoms. The molecule has 3 heterocycles. The maximum atomic E-state index is 9.75. The molecule has 0 bridgehead atoms. The van der Waals surface area contributed by atoms with Crippen molar-refractivity contribution in [1.82, 2.24) is 19.9 Å². The van der Waals surface area contributed by atoms with Gasteiger partial charge in [0.05, 0.1) is 0 Å². The highest BCUT2D eigenvalue weighted by molar-refractivity contribution is 5.84. The first-order valence-electron chi connectivity index (χ1n) is 10.3. The lowest BCUT2D eigenvalue weighted by Crippen LogP contribution is -2.01. The van der Waals surface area contributed by atoms with E-state index in [4.69, 9.17) is 4.98 Å². The lowest BCUT2D eigenvalue weighted by atomic mass is 10.1. The fourth-order valence-corrected chi connectivity index (χ4v) is 4.12. The summed E-state index contributed by atoms with van der Waals surface area (Å²) in [6.45, 7) is 2.08. The fourth-order valence-electron chi connectivity index (χ4n) is 4.12. The Hall–Kier alpha value is -3.60. The van der Waals surface area contributed by atoms with Crippen molar-refractivity contribution in [3.8, 4) is 5.75 Å². The van der Waals surface area contributed by atoms with Crippen LogP contribution in [0.25, 0.3) is 21.8 Å². The van der Waals surface area contributed by atoms with E-state index in [2.05, 4.69) is 46.1 Å². The smallest absolute Gasteiger partial charge is 0.128 e. The Morgan fingerprint density at radius 2 is 1.87 bits per heavy atom. The number of aromatic amines is 2. The van der Waals surface area contributed by atoms with Crippen molar-refractivity contribution >= 4 is 21.8 Å². The number of aryl methyl sites for hydroxylation is 3. The minimum absolute atomic E-state index is 0.298. The molecule has 0 fully saturated rings. The summed E-state index contributed by atoms with van der Waals surface area (Å²) in [7, 11) is 0. The number of hydrogen-bond acceptors (Lipinski definition) is 3. The van der Waals surface area contributed by atoms with E-state index in [1.807, 2.05) is 30.6 Å². The van der Waals surface area contributed by atoms with Gasteiger partial charge >= 0.3 is 0 Å². The van der Waals surface area contributed by atoms with Crippen molar-refractivity contribution in [2.45, 2.75) is 32.6 Å². The van der Waals surface area contributed by atoms with Crippen LogP contribution in [0.4, 0.5) is 0 Å². The van der Waals surface area contributed by atoms with Crippen LogP contribution in [0.1, 0.15) is 34.8 Å². The summed E-state index contributed by atoms with van der Waals surface area (Å²) in [6, 6.07) is 16.1. The van der Waals surface area contributed by atoms with Gasteiger partial charge in [0.2, 0.25) is 0 Å². The largest absolute Gasteiger partial charge is 0.508 e. The molecule has 0 amide bonds. The highest BCUT2D eigenvalue weighted by atomic mass is 16.3. The van der Waals surface area contributed by atoms with Crippen molar-refractivity contribution in [1.29, 1.82) is 0 Å². The van der Waals surface area contributed by atoms with Crippen molar-refractivity contribution in [2.75, 3.05) is 0 Å². The van der Waals surface area contributed by atoms with Gasteiger partial charge in [-0.2, -0.15) is 0 Å². The molecule has 0 unspecified atom stereocenters. The Morgan fingerprint density at radius 3 is 2.80 bits per heavy atom. The van der Waals surface area contributed by atoms with Gasteiger partial charge < -0.3 is 15.1 Å². The van der Waals surface area contributed by atoms with Crippen molar-refractivity contribution in [2.24, 2.45) is 0 Å². The Balaban J connectivity index is 1.25.